The van der Waals surface area contributed by atoms with Gasteiger partial charge in [-0.15, -0.1) is 0 Å². The third kappa shape index (κ3) is 0.455. The lowest BCUT2D eigenvalue weighted by Crippen LogP contribution is -1.99. The van der Waals surface area contributed by atoms with Gasteiger partial charge in [0, 0.05) is 6.20 Å². The number of rotatable bonds is 0. The molecule has 0 bridgehead atoms. The Bertz CT molecular complexity index is 285. The quantitative estimate of drug-likeness (QED) is 0.500. The van der Waals surface area contributed by atoms with Gasteiger partial charge in [0.15, 0.2) is 0 Å². The molecule has 1 aliphatic heterocycles. The first-order valence-electron chi connectivity index (χ1n) is 2.64. The van der Waals surface area contributed by atoms with E-state index in [1.165, 1.54) is 4.57 Å². The van der Waals surface area contributed by atoms with Crippen LogP contribution in [-0.2, 0) is 0 Å². The van der Waals surface area contributed by atoms with Gasteiger partial charge >= 0.3 is 6.03 Å². The standard InChI is InChI=1S/C6H4N2O/c9-6-7-4-5-2-1-3-8(5)6/h1-4H. The third-order valence-electron chi connectivity index (χ3n) is 1.29. The van der Waals surface area contributed by atoms with E-state index < -0.39 is 0 Å². The van der Waals surface area contributed by atoms with Crippen molar-refractivity contribution >= 4 is 12.2 Å². The molecule has 0 saturated carbocycles. The molecule has 9 heavy (non-hydrogen) atoms. The summed E-state index contributed by atoms with van der Waals surface area (Å²) in [5.74, 6) is 0. The number of hydrogen-bond donors (Lipinski definition) is 0. The van der Waals surface area contributed by atoms with Crippen LogP contribution in [0.4, 0.5) is 4.79 Å². The maximum Gasteiger partial charge on any atom is 0.352 e. The van der Waals surface area contributed by atoms with Crippen LogP contribution in [0.2, 0.25) is 0 Å². The van der Waals surface area contributed by atoms with E-state index in [1.54, 1.807) is 12.4 Å². The summed E-state index contributed by atoms with van der Waals surface area (Å²) in [6.45, 7) is 0. The number of nitrogens with zero attached hydrogens (tertiary/aromatic N) is 2. The fourth-order valence-electron chi connectivity index (χ4n) is 0.857. The van der Waals surface area contributed by atoms with Crippen LogP contribution in [0, 0.1) is 0 Å². The van der Waals surface area contributed by atoms with Gasteiger partial charge in [-0.1, -0.05) is 0 Å². The van der Waals surface area contributed by atoms with Gasteiger partial charge in [-0.3, -0.25) is 4.57 Å². The molecule has 0 N–H and O–H groups in total. The maximum atomic E-state index is 10.7. The summed E-state index contributed by atoms with van der Waals surface area (Å²) in [6.07, 6.45) is 3.26. The second-order valence-electron chi connectivity index (χ2n) is 1.84. The molecule has 44 valence electrons. The lowest BCUT2D eigenvalue weighted by atomic mass is 10.5. The van der Waals surface area contributed by atoms with Crippen LogP contribution in [0.15, 0.2) is 23.3 Å². The van der Waals surface area contributed by atoms with Crippen molar-refractivity contribution in [2.45, 2.75) is 0 Å². The Labute approximate surface area is 51.6 Å². The van der Waals surface area contributed by atoms with Crippen LogP contribution in [0.3, 0.4) is 0 Å². The maximum absolute atomic E-state index is 10.7. The van der Waals surface area contributed by atoms with E-state index in [-0.39, 0.29) is 6.03 Å². The summed E-state index contributed by atoms with van der Waals surface area (Å²) in [5.41, 5.74) is 0.861. The number of fused-ring (bicyclic) bond motifs is 1. The number of aromatic nitrogens is 1. The smallest absolute Gasteiger partial charge is 0.266 e. The van der Waals surface area contributed by atoms with Crippen LogP contribution in [-0.4, -0.2) is 16.8 Å². The van der Waals surface area contributed by atoms with Crippen LogP contribution in [0.1, 0.15) is 5.69 Å². The molecule has 1 amide bonds. The fraction of sp³-hybridized carbons (Fsp3) is 0. The monoisotopic (exact) mass is 120 g/mol. The van der Waals surface area contributed by atoms with Crippen molar-refractivity contribution in [1.29, 1.82) is 0 Å². The van der Waals surface area contributed by atoms with E-state index in [4.69, 9.17) is 0 Å². The number of hydrogen-bond acceptors (Lipinski definition) is 1. The number of carbonyl (C=O) groups is 1. The number of carbonyl (C=O) groups excluding carboxylic acids is 1. The van der Waals surface area contributed by atoms with Crippen LogP contribution in [0.25, 0.3) is 0 Å². The zero-order chi connectivity index (χ0) is 6.27. The van der Waals surface area contributed by atoms with Crippen LogP contribution in [0.5, 0.6) is 0 Å². The minimum Gasteiger partial charge on any atom is -0.266 e. The van der Waals surface area contributed by atoms with E-state index in [1.807, 2.05) is 12.1 Å². The first-order chi connectivity index (χ1) is 4.38. The first-order valence-corrected chi connectivity index (χ1v) is 2.64. The molecule has 2 heterocycles. The first kappa shape index (κ1) is 4.49. The van der Waals surface area contributed by atoms with Crippen molar-refractivity contribution in [3.63, 3.8) is 0 Å². The predicted molar refractivity (Wildman–Crippen MR) is 32.8 cm³/mol. The van der Waals surface area contributed by atoms with Crippen molar-refractivity contribution in [3.8, 4) is 0 Å². The second kappa shape index (κ2) is 1.31. The van der Waals surface area contributed by atoms with E-state index in [2.05, 4.69) is 4.99 Å². The van der Waals surface area contributed by atoms with E-state index >= 15 is 0 Å². The molecule has 0 radical (unpaired) electrons. The number of aliphatic imine (C=N–C) groups is 1. The molecule has 0 spiro atoms. The van der Waals surface area contributed by atoms with Crippen molar-refractivity contribution in [2.75, 3.05) is 0 Å². The lowest BCUT2D eigenvalue weighted by molar-refractivity contribution is 0.252. The summed E-state index contributed by atoms with van der Waals surface area (Å²) in [5, 5.41) is 0. The Morgan fingerprint density at radius 3 is 3.22 bits per heavy atom. The van der Waals surface area contributed by atoms with Gasteiger partial charge in [0.1, 0.15) is 0 Å². The highest BCUT2D eigenvalue weighted by Gasteiger charge is 2.10. The van der Waals surface area contributed by atoms with Crippen molar-refractivity contribution < 1.29 is 4.79 Å². The predicted octanol–water partition coefficient (Wildman–Crippen LogP) is 0.889. The lowest BCUT2D eigenvalue weighted by Gasteiger charge is -1.87. The van der Waals surface area contributed by atoms with Crippen molar-refractivity contribution in [2.24, 2.45) is 4.99 Å². The third-order valence-corrected chi connectivity index (χ3v) is 1.29. The Kier molecular flexibility index (Phi) is 0.656. The van der Waals surface area contributed by atoms with E-state index in [0.717, 1.165) is 5.69 Å². The molecule has 3 nitrogen and oxygen atoms in total. The molecule has 1 aromatic heterocycles. The molecule has 0 aromatic carbocycles. The molecule has 1 aliphatic rings. The van der Waals surface area contributed by atoms with Gasteiger partial charge in [-0.25, -0.2) is 4.79 Å². The Hall–Kier alpha value is -1.38. The average molecular weight is 120 g/mol. The zero-order valence-electron chi connectivity index (χ0n) is 4.61. The highest BCUT2D eigenvalue weighted by Crippen LogP contribution is 2.05. The minimum atomic E-state index is -0.199. The molecule has 0 saturated heterocycles. The molecule has 1 aromatic rings. The summed E-state index contributed by atoms with van der Waals surface area (Å²) in [6, 6.07) is 3.46. The molecule has 0 aliphatic carbocycles. The Balaban J connectivity index is 2.73. The van der Waals surface area contributed by atoms with Gasteiger partial charge in [0.05, 0.1) is 11.9 Å². The molecule has 0 atom stereocenters. The second-order valence-corrected chi connectivity index (χ2v) is 1.84. The minimum absolute atomic E-state index is 0.199. The molecular formula is C6H4N2O. The summed E-state index contributed by atoms with van der Waals surface area (Å²) >= 11 is 0. The van der Waals surface area contributed by atoms with Gasteiger partial charge in [0.2, 0.25) is 0 Å². The average Bonchev–Trinajstić information content (AvgIpc) is 2.35. The van der Waals surface area contributed by atoms with Gasteiger partial charge < -0.3 is 0 Å². The summed E-state index contributed by atoms with van der Waals surface area (Å²) < 4.78 is 1.50. The molecule has 2 rings (SSSR count). The van der Waals surface area contributed by atoms with E-state index in [0.29, 0.717) is 0 Å². The SMILES string of the molecule is O=C1N=Cc2cccn21. The number of amides is 1. The molecule has 0 fully saturated rings. The summed E-state index contributed by atoms with van der Waals surface area (Å²) in [4.78, 5) is 14.3. The molecular weight excluding hydrogens is 116 g/mol. The van der Waals surface area contributed by atoms with Gasteiger partial charge in [-0.2, -0.15) is 4.99 Å². The normalized spacial score (nSPS) is 14.4. The Morgan fingerprint density at radius 2 is 2.44 bits per heavy atom. The highest BCUT2D eigenvalue weighted by atomic mass is 16.2. The Morgan fingerprint density at radius 1 is 1.56 bits per heavy atom. The van der Waals surface area contributed by atoms with Crippen LogP contribution < -0.4 is 0 Å². The highest BCUT2D eigenvalue weighted by molar-refractivity contribution is 5.99. The van der Waals surface area contributed by atoms with Crippen molar-refractivity contribution in [3.05, 3.63) is 24.0 Å². The topological polar surface area (TPSA) is 34.4 Å². The largest absolute Gasteiger partial charge is 0.352 e. The molecule has 0 unspecified atom stereocenters. The molecule has 3 heteroatoms. The van der Waals surface area contributed by atoms with Crippen LogP contribution >= 0.6 is 0 Å². The zero-order valence-corrected chi connectivity index (χ0v) is 4.61. The summed E-state index contributed by atoms with van der Waals surface area (Å²) in [7, 11) is 0. The fourth-order valence-corrected chi connectivity index (χ4v) is 0.857. The van der Waals surface area contributed by atoms with Crippen molar-refractivity contribution in [1.82, 2.24) is 4.57 Å². The van der Waals surface area contributed by atoms with Gasteiger partial charge in [-0.05, 0) is 12.1 Å². The van der Waals surface area contributed by atoms with E-state index in [9.17, 15) is 4.79 Å². The van der Waals surface area contributed by atoms with Gasteiger partial charge in [0.25, 0.3) is 0 Å².